The average molecular weight is 517 g/mol. The molecule has 0 aliphatic heterocycles. The molecule has 1 aliphatic carbocycles. The van der Waals surface area contributed by atoms with Crippen molar-refractivity contribution < 1.29 is 24.1 Å². The van der Waals surface area contributed by atoms with E-state index in [1.165, 1.54) is 24.3 Å². The Kier molecular flexibility index (Phi) is 7.98. The van der Waals surface area contributed by atoms with Crippen molar-refractivity contribution in [3.63, 3.8) is 0 Å². The molecule has 0 radical (unpaired) electrons. The van der Waals surface area contributed by atoms with Gasteiger partial charge in [0.2, 0.25) is 0 Å². The van der Waals surface area contributed by atoms with Crippen LogP contribution in [-0.2, 0) is 13.0 Å². The maximum Gasteiger partial charge on any atom is 0.131 e. The molecule has 0 bridgehead atoms. The molecule has 5 heteroatoms. The standard InChI is InChI=1S/C33H37FO4/c1-7-33(4,5)32(36)30-16-22(8-13-27(30)29-17-24(37-6)12-15-31(29)34)19-38-25-11-9-23-10-14-26(28(23)18-25)20(2)21(3)35/h7-9,11-13,15-18,20,26,32,35-36H,1,3,10,14,19H2,2,4-6H3/t20-,26-,32+/m0/s1. The van der Waals surface area contributed by atoms with Crippen LogP contribution >= 0.6 is 0 Å². The molecule has 2 N–H and O–H groups in total. The van der Waals surface area contributed by atoms with Gasteiger partial charge in [0.25, 0.3) is 0 Å². The molecule has 38 heavy (non-hydrogen) atoms. The molecule has 1 aliphatic rings. The number of halogens is 1. The summed E-state index contributed by atoms with van der Waals surface area (Å²) in [5, 5.41) is 21.3. The van der Waals surface area contributed by atoms with Crippen molar-refractivity contribution in [2.75, 3.05) is 7.11 Å². The maximum atomic E-state index is 14.9. The van der Waals surface area contributed by atoms with Crippen LogP contribution < -0.4 is 9.47 Å². The first-order valence-corrected chi connectivity index (χ1v) is 13.0. The van der Waals surface area contributed by atoms with Crippen LogP contribution in [0.25, 0.3) is 11.1 Å². The summed E-state index contributed by atoms with van der Waals surface area (Å²) in [4.78, 5) is 0. The number of benzene rings is 3. The second-order valence-corrected chi connectivity index (χ2v) is 10.8. The van der Waals surface area contributed by atoms with E-state index in [0.29, 0.717) is 22.4 Å². The van der Waals surface area contributed by atoms with Gasteiger partial charge in [0, 0.05) is 16.9 Å². The molecule has 3 aromatic rings. The topological polar surface area (TPSA) is 58.9 Å². The van der Waals surface area contributed by atoms with Crippen LogP contribution in [0.1, 0.15) is 61.5 Å². The molecule has 0 saturated carbocycles. The van der Waals surface area contributed by atoms with Gasteiger partial charge in [-0.2, -0.15) is 0 Å². The highest BCUT2D eigenvalue weighted by atomic mass is 19.1. The van der Waals surface area contributed by atoms with Crippen molar-refractivity contribution >= 4 is 0 Å². The zero-order valence-electron chi connectivity index (χ0n) is 22.6. The van der Waals surface area contributed by atoms with Crippen LogP contribution in [0.4, 0.5) is 4.39 Å². The summed E-state index contributed by atoms with van der Waals surface area (Å²) in [6.45, 7) is 13.7. The summed E-state index contributed by atoms with van der Waals surface area (Å²) in [6.07, 6.45) is 2.73. The summed E-state index contributed by atoms with van der Waals surface area (Å²) in [6, 6.07) is 16.3. The number of allylic oxidation sites excluding steroid dienone is 1. The Balaban J connectivity index is 1.65. The predicted molar refractivity (Wildman–Crippen MR) is 150 cm³/mol. The minimum absolute atomic E-state index is 0.0201. The van der Waals surface area contributed by atoms with Gasteiger partial charge in [0.1, 0.15) is 23.9 Å². The Bertz CT molecular complexity index is 1340. The van der Waals surface area contributed by atoms with Crippen LogP contribution in [0.2, 0.25) is 0 Å². The van der Waals surface area contributed by atoms with Gasteiger partial charge in [-0.15, -0.1) is 6.58 Å². The summed E-state index contributed by atoms with van der Waals surface area (Å²) in [7, 11) is 1.54. The smallest absolute Gasteiger partial charge is 0.131 e. The number of aliphatic hydroxyl groups excluding tert-OH is 2. The van der Waals surface area contributed by atoms with E-state index in [-0.39, 0.29) is 24.2 Å². The molecule has 4 nitrogen and oxygen atoms in total. The number of rotatable bonds is 10. The third-order valence-corrected chi connectivity index (χ3v) is 7.88. The number of aliphatic hydroxyl groups is 2. The van der Waals surface area contributed by atoms with Crippen molar-refractivity contribution in [2.24, 2.45) is 11.3 Å². The molecule has 0 amide bonds. The van der Waals surface area contributed by atoms with Gasteiger partial charge < -0.3 is 19.7 Å². The zero-order valence-corrected chi connectivity index (χ0v) is 22.6. The monoisotopic (exact) mass is 516 g/mol. The van der Waals surface area contributed by atoms with E-state index >= 15 is 0 Å². The first-order chi connectivity index (χ1) is 18.1. The first kappa shape index (κ1) is 27.5. The molecule has 0 aromatic heterocycles. The Hall–Kier alpha value is -3.57. The molecule has 3 atom stereocenters. The van der Waals surface area contributed by atoms with Gasteiger partial charge >= 0.3 is 0 Å². The normalized spacial score (nSPS) is 16.4. The van der Waals surface area contributed by atoms with Crippen LogP contribution in [-0.4, -0.2) is 17.3 Å². The number of aryl methyl sites for hydroxylation is 1. The molecule has 0 spiro atoms. The minimum Gasteiger partial charge on any atom is -0.513 e. The molecule has 0 saturated heterocycles. The summed E-state index contributed by atoms with van der Waals surface area (Å²) in [5.41, 5.74) is 4.20. The second-order valence-electron chi connectivity index (χ2n) is 10.8. The van der Waals surface area contributed by atoms with Crippen LogP contribution in [0, 0.1) is 17.2 Å². The van der Waals surface area contributed by atoms with E-state index < -0.39 is 17.3 Å². The molecule has 4 rings (SSSR count). The van der Waals surface area contributed by atoms with Crippen LogP contribution in [0.3, 0.4) is 0 Å². The quantitative estimate of drug-likeness (QED) is 0.211. The SMILES string of the molecule is C=CC(C)(C)[C@H](O)c1cc(COc2ccc3c(c2)[C@H]([C@@H](C)C(=C)O)CC3)ccc1-c1cc(OC)ccc1F. The van der Waals surface area contributed by atoms with Gasteiger partial charge in [-0.1, -0.05) is 51.6 Å². The third kappa shape index (κ3) is 5.48. The van der Waals surface area contributed by atoms with Crippen molar-refractivity contribution in [1.82, 2.24) is 0 Å². The van der Waals surface area contributed by atoms with Crippen molar-refractivity contribution in [2.45, 2.75) is 52.2 Å². The van der Waals surface area contributed by atoms with E-state index in [1.54, 1.807) is 18.2 Å². The van der Waals surface area contributed by atoms with Gasteiger partial charge in [0.15, 0.2) is 0 Å². The number of fused-ring (bicyclic) bond motifs is 1. The van der Waals surface area contributed by atoms with E-state index in [0.717, 1.165) is 24.2 Å². The number of hydrogen-bond donors (Lipinski definition) is 2. The fourth-order valence-electron chi connectivity index (χ4n) is 5.14. The van der Waals surface area contributed by atoms with E-state index in [2.05, 4.69) is 25.3 Å². The van der Waals surface area contributed by atoms with Crippen LogP contribution in [0.5, 0.6) is 11.5 Å². The van der Waals surface area contributed by atoms with Gasteiger partial charge in [-0.25, -0.2) is 4.39 Å². The molecule has 3 aromatic carbocycles. The fraction of sp³-hybridized carbons (Fsp3) is 0.333. The lowest BCUT2D eigenvalue weighted by atomic mass is 9.79. The highest BCUT2D eigenvalue weighted by molar-refractivity contribution is 5.70. The third-order valence-electron chi connectivity index (χ3n) is 7.88. The lowest BCUT2D eigenvalue weighted by Crippen LogP contribution is -2.20. The van der Waals surface area contributed by atoms with Gasteiger partial charge in [-0.3, -0.25) is 0 Å². The summed E-state index contributed by atoms with van der Waals surface area (Å²) >= 11 is 0. The Morgan fingerprint density at radius 3 is 2.53 bits per heavy atom. The first-order valence-electron chi connectivity index (χ1n) is 13.0. The molecular formula is C33H37FO4. The summed E-state index contributed by atoms with van der Waals surface area (Å²) in [5.74, 6) is 1.27. The van der Waals surface area contributed by atoms with E-state index in [9.17, 15) is 14.6 Å². The minimum atomic E-state index is -0.922. The summed E-state index contributed by atoms with van der Waals surface area (Å²) < 4.78 is 26.4. The highest BCUT2D eigenvalue weighted by Gasteiger charge is 2.30. The van der Waals surface area contributed by atoms with Crippen molar-refractivity contribution in [1.29, 1.82) is 0 Å². The largest absolute Gasteiger partial charge is 0.513 e. The van der Waals surface area contributed by atoms with Crippen molar-refractivity contribution in [3.8, 4) is 22.6 Å². The fourth-order valence-corrected chi connectivity index (χ4v) is 5.14. The van der Waals surface area contributed by atoms with E-state index in [4.69, 9.17) is 9.47 Å². The Morgan fingerprint density at radius 1 is 1.11 bits per heavy atom. The molecule has 0 unspecified atom stereocenters. The highest BCUT2D eigenvalue weighted by Crippen LogP contribution is 2.43. The number of methoxy groups -OCH3 is 1. The van der Waals surface area contributed by atoms with Gasteiger partial charge in [-0.05, 0) is 83.0 Å². The van der Waals surface area contributed by atoms with E-state index in [1.807, 2.05) is 45.0 Å². The van der Waals surface area contributed by atoms with Crippen molar-refractivity contribution in [3.05, 3.63) is 108 Å². The van der Waals surface area contributed by atoms with Crippen LogP contribution in [0.15, 0.2) is 79.6 Å². The number of hydrogen-bond acceptors (Lipinski definition) is 4. The molecule has 0 fully saturated rings. The molecular weight excluding hydrogens is 479 g/mol. The lowest BCUT2D eigenvalue weighted by Gasteiger charge is -2.29. The molecule has 0 heterocycles. The average Bonchev–Trinajstić information content (AvgIpc) is 3.34. The van der Waals surface area contributed by atoms with Gasteiger partial charge in [0.05, 0.1) is 19.0 Å². The predicted octanol–water partition coefficient (Wildman–Crippen LogP) is 8.06. The Morgan fingerprint density at radius 2 is 1.84 bits per heavy atom. The Labute approximate surface area is 225 Å². The number of ether oxygens (including phenoxy) is 2. The lowest BCUT2D eigenvalue weighted by molar-refractivity contribution is 0.0825. The zero-order chi connectivity index (χ0) is 27.6. The second kappa shape index (κ2) is 11.0. The molecule has 200 valence electrons. The maximum absolute atomic E-state index is 14.9.